The third kappa shape index (κ3) is 7.87. The van der Waals surface area contributed by atoms with Crippen molar-refractivity contribution in [3.63, 3.8) is 0 Å². The second-order valence-electron chi connectivity index (χ2n) is 9.91. The number of ether oxygens (including phenoxy) is 2. The molecule has 1 aromatic carbocycles. The molecule has 0 aliphatic carbocycles. The molecule has 2 aliphatic rings. The maximum atomic E-state index is 15.1. The van der Waals surface area contributed by atoms with Crippen LogP contribution in [0.1, 0.15) is 26.2 Å². The number of anilines is 2. The third-order valence-corrected chi connectivity index (χ3v) is 10.5. The average molecular weight is 629 g/mol. The molecular weight excluding hydrogens is 598 g/mol. The summed E-state index contributed by atoms with van der Waals surface area (Å²) in [6.07, 6.45) is -3.28. The van der Waals surface area contributed by atoms with E-state index in [9.17, 15) is 48.2 Å². The van der Waals surface area contributed by atoms with E-state index < -0.39 is 74.8 Å². The molecule has 0 bridgehead atoms. The van der Waals surface area contributed by atoms with Crippen molar-refractivity contribution in [2.45, 2.75) is 43.3 Å². The first-order chi connectivity index (χ1) is 18.9. The third-order valence-electron chi connectivity index (χ3n) is 6.81. The summed E-state index contributed by atoms with van der Waals surface area (Å²) in [5.74, 6) is -4.30. The molecular formula is C22H31F2N3O12P2. The number of imide groups is 1. The zero-order valence-corrected chi connectivity index (χ0v) is 23.8. The zero-order valence-electron chi connectivity index (χ0n) is 22.1. The highest BCUT2D eigenvalue weighted by atomic mass is 31.2. The minimum Gasteiger partial charge on any atom is -0.442 e. The Morgan fingerprint density at radius 3 is 2.15 bits per heavy atom. The van der Waals surface area contributed by atoms with Gasteiger partial charge in [-0.1, -0.05) is 0 Å². The summed E-state index contributed by atoms with van der Waals surface area (Å²) in [4.78, 5) is 76.9. The maximum absolute atomic E-state index is 15.1. The number of carbonyl (C=O) groups is 3. The molecule has 2 saturated heterocycles. The van der Waals surface area contributed by atoms with Crippen molar-refractivity contribution < 1.29 is 66.4 Å². The Morgan fingerprint density at radius 1 is 1.15 bits per heavy atom. The van der Waals surface area contributed by atoms with Gasteiger partial charge >= 0.3 is 21.3 Å². The fourth-order valence-corrected chi connectivity index (χ4v) is 7.06. The molecule has 3 amide bonds. The zero-order chi connectivity index (χ0) is 30.9. The lowest BCUT2D eigenvalue weighted by molar-refractivity contribution is -0.144. The van der Waals surface area contributed by atoms with Crippen molar-refractivity contribution >= 4 is 44.5 Å². The van der Waals surface area contributed by atoms with Gasteiger partial charge in [0.2, 0.25) is 11.8 Å². The lowest BCUT2D eigenvalue weighted by atomic mass is 9.92. The van der Waals surface area contributed by atoms with E-state index in [0.717, 1.165) is 24.0 Å². The minimum atomic E-state index is -5.46. The average Bonchev–Trinajstić information content (AvgIpc) is 3.20. The smallest absolute Gasteiger partial charge is 0.414 e. The lowest BCUT2D eigenvalue weighted by Gasteiger charge is -2.39. The monoisotopic (exact) mass is 629 g/mol. The van der Waals surface area contributed by atoms with Gasteiger partial charge in [-0.25, -0.2) is 13.6 Å². The predicted octanol–water partition coefficient (Wildman–Crippen LogP) is 0.714. The summed E-state index contributed by atoms with van der Waals surface area (Å²) < 4.78 is 63.3. The number of aliphatic hydroxyl groups is 1. The van der Waals surface area contributed by atoms with Crippen LogP contribution in [-0.4, -0.2) is 104 Å². The molecule has 2 aliphatic heterocycles. The molecule has 15 nitrogen and oxygen atoms in total. The van der Waals surface area contributed by atoms with Crippen LogP contribution in [0.4, 0.5) is 25.0 Å². The SMILES string of the molecule is COCC1(O)CCN(c2c(F)cc(N3C[C@H](CN(C(C)=O)C(=O)CC(P(=O)(O)O)P(=O)(O)O)OC3=O)cc2F)CC1. The van der Waals surface area contributed by atoms with Gasteiger partial charge in [-0.05, 0) is 12.8 Å². The van der Waals surface area contributed by atoms with Gasteiger partial charge in [0, 0.05) is 39.3 Å². The van der Waals surface area contributed by atoms with E-state index in [1.165, 1.54) is 12.0 Å². The van der Waals surface area contributed by atoms with Crippen molar-refractivity contribution in [3.05, 3.63) is 23.8 Å². The number of cyclic esters (lactones) is 1. The first-order valence-corrected chi connectivity index (χ1v) is 15.6. The molecule has 0 unspecified atom stereocenters. The number of rotatable bonds is 10. The van der Waals surface area contributed by atoms with E-state index in [2.05, 4.69) is 0 Å². The number of carbonyl (C=O) groups excluding carboxylic acids is 3. The van der Waals surface area contributed by atoms with E-state index >= 15 is 8.78 Å². The summed E-state index contributed by atoms with van der Waals surface area (Å²) >= 11 is 0. The van der Waals surface area contributed by atoms with Gasteiger partial charge in [0.05, 0.1) is 37.4 Å². The quantitative estimate of drug-likeness (QED) is 0.226. The molecule has 1 aromatic rings. The number of methoxy groups -OCH3 is 1. The number of amides is 3. The molecule has 19 heteroatoms. The molecule has 1 atom stereocenters. The summed E-state index contributed by atoms with van der Waals surface area (Å²) in [6.45, 7) is 0.205. The van der Waals surface area contributed by atoms with E-state index in [0.29, 0.717) is 4.90 Å². The standard InChI is InChI=1S/C22H31F2N3O12P2/c1-13(28)26(18(29)9-19(40(32,33)34)41(35,36)37)10-15-11-27(21(30)39-15)14-7-16(23)20(17(24)8-14)25-5-3-22(31,4-6-25)12-38-2/h7-8,15,19,31H,3-6,9-12H2,1-2H3,(H2,32,33,34)(H2,35,36,37)/t15-/m0/s1. The van der Waals surface area contributed by atoms with Crippen LogP contribution in [0.2, 0.25) is 0 Å². The molecule has 2 fully saturated rings. The molecule has 2 heterocycles. The van der Waals surface area contributed by atoms with Crippen LogP contribution in [0.5, 0.6) is 0 Å². The van der Waals surface area contributed by atoms with Gasteiger partial charge in [-0.3, -0.25) is 28.5 Å². The van der Waals surface area contributed by atoms with Crippen LogP contribution in [0, 0.1) is 11.6 Å². The Hall–Kier alpha value is -2.49. The van der Waals surface area contributed by atoms with Gasteiger partial charge < -0.3 is 39.1 Å². The largest absolute Gasteiger partial charge is 0.442 e. The fourth-order valence-electron chi connectivity index (χ4n) is 4.71. The molecule has 3 rings (SSSR count). The van der Waals surface area contributed by atoms with Gasteiger partial charge in [0.25, 0.3) is 0 Å². The molecule has 0 radical (unpaired) electrons. The normalized spacial score (nSPS) is 19.5. The van der Waals surface area contributed by atoms with E-state index in [1.54, 1.807) is 0 Å². The van der Waals surface area contributed by atoms with Gasteiger partial charge in [-0.2, -0.15) is 0 Å². The molecule has 0 aromatic heterocycles. The molecule has 5 N–H and O–H groups in total. The molecule has 230 valence electrons. The highest BCUT2D eigenvalue weighted by Crippen LogP contribution is 2.61. The Morgan fingerprint density at radius 2 is 1.68 bits per heavy atom. The van der Waals surface area contributed by atoms with Crippen LogP contribution in [-0.2, 0) is 28.2 Å². The van der Waals surface area contributed by atoms with Crippen LogP contribution in [0.3, 0.4) is 0 Å². The molecule has 0 saturated carbocycles. The maximum Gasteiger partial charge on any atom is 0.414 e. The summed E-state index contributed by atoms with van der Waals surface area (Å²) in [5.41, 5.74) is -1.70. The van der Waals surface area contributed by atoms with Gasteiger partial charge in [-0.15, -0.1) is 0 Å². The topological polar surface area (TPSA) is 215 Å². The fraction of sp³-hybridized carbons (Fsp3) is 0.591. The van der Waals surface area contributed by atoms with E-state index in [-0.39, 0.29) is 50.5 Å². The number of benzene rings is 1. The summed E-state index contributed by atoms with van der Waals surface area (Å²) in [6, 6.07) is 1.80. The Kier molecular flexibility index (Phi) is 9.98. The second kappa shape index (κ2) is 12.4. The van der Waals surface area contributed by atoms with Crippen molar-refractivity contribution in [1.82, 2.24) is 4.90 Å². The molecule has 41 heavy (non-hydrogen) atoms. The number of hydrogen-bond acceptors (Lipinski definition) is 9. The van der Waals surface area contributed by atoms with E-state index in [1.807, 2.05) is 0 Å². The highest BCUT2D eigenvalue weighted by Gasteiger charge is 2.46. The predicted molar refractivity (Wildman–Crippen MR) is 137 cm³/mol. The summed E-state index contributed by atoms with van der Waals surface area (Å²) in [7, 11) is -9.49. The van der Waals surface area contributed by atoms with Crippen LogP contribution in [0.15, 0.2) is 12.1 Å². The van der Waals surface area contributed by atoms with Gasteiger partial charge in [0.1, 0.15) is 11.8 Å². The number of piperidine rings is 1. The molecule has 0 spiro atoms. The second-order valence-corrected chi connectivity index (χ2v) is 13.9. The van der Waals surface area contributed by atoms with Crippen molar-refractivity contribution in [2.24, 2.45) is 0 Å². The van der Waals surface area contributed by atoms with Crippen LogP contribution >= 0.6 is 15.2 Å². The van der Waals surface area contributed by atoms with E-state index in [4.69, 9.17) is 9.47 Å². The number of hydrogen-bond donors (Lipinski definition) is 5. The first kappa shape index (κ1) is 33.0. The number of nitrogens with zero attached hydrogens (tertiary/aromatic N) is 3. The number of halogens is 2. The van der Waals surface area contributed by atoms with Crippen LogP contribution < -0.4 is 9.80 Å². The Bertz CT molecular complexity index is 1240. The highest BCUT2D eigenvalue weighted by molar-refractivity contribution is 7.70. The lowest BCUT2D eigenvalue weighted by Crippen LogP contribution is -2.47. The Labute approximate surface area is 232 Å². The first-order valence-electron chi connectivity index (χ1n) is 12.2. The van der Waals surface area contributed by atoms with Gasteiger partial charge in [0.15, 0.2) is 17.0 Å². The minimum absolute atomic E-state index is 0.0730. The summed E-state index contributed by atoms with van der Waals surface area (Å²) in [5, 5.41) is 7.76. The van der Waals surface area contributed by atoms with Crippen molar-refractivity contribution in [2.75, 3.05) is 49.7 Å². The Balaban J connectivity index is 1.73. The van der Waals surface area contributed by atoms with Crippen molar-refractivity contribution in [1.29, 1.82) is 0 Å². The van der Waals surface area contributed by atoms with Crippen molar-refractivity contribution in [3.8, 4) is 0 Å². The van der Waals surface area contributed by atoms with Crippen LogP contribution in [0.25, 0.3) is 0 Å².